The van der Waals surface area contributed by atoms with Gasteiger partial charge in [0, 0.05) is 0 Å². The van der Waals surface area contributed by atoms with Gasteiger partial charge in [-0.15, -0.1) is 0 Å². The van der Waals surface area contributed by atoms with Crippen LogP contribution in [0.4, 0.5) is 0 Å². The van der Waals surface area contributed by atoms with Crippen LogP contribution in [0.15, 0.2) is 12.2 Å². The topological polar surface area (TPSA) is 63.6 Å². The molecule has 1 aliphatic rings. The molecule has 4 nitrogen and oxygen atoms in total. The summed E-state index contributed by atoms with van der Waals surface area (Å²) in [7, 11) is 0. The maximum atomic E-state index is 12.6. The monoisotopic (exact) mass is 366 g/mol. The van der Waals surface area contributed by atoms with E-state index in [1.807, 2.05) is 12.2 Å². The van der Waals surface area contributed by atoms with Crippen LogP contribution in [0.1, 0.15) is 97.3 Å². The van der Waals surface area contributed by atoms with E-state index < -0.39 is 17.8 Å². The van der Waals surface area contributed by atoms with Crippen molar-refractivity contribution in [2.75, 3.05) is 0 Å². The smallest absolute Gasteiger partial charge is 0.310 e. The maximum Gasteiger partial charge on any atom is 0.310 e. The Bertz CT molecular complexity index is 430. The Morgan fingerprint density at radius 2 is 1.42 bits per heavy atom. The minimum absolute atomic E-state index is 0.0570. The molecular formula is C22H38O4. The van der Waals surface area contributed by atoms with Gasteiger partial charge in [-0.2, -0.15) is 0 Å². The number of esters is 1. The van der Waals surface area contributed by atoms with E-state index in [2.05, 4.69) is 13.8 Å². The van der Waals surface area contributed by atoms with Crippen molar-refractivity contribution in [1.82, 2.24) is 0 Å². The minimum Gasteiger partial charge on any atom is -0.481 e. The van der Waals surface area contributed by atoms with E-state index in [-0.39, 0.29) is 12.1 Å². The fourth-order valence-electron chi connectivity index (χ4n) is 3.62. The van der Waals surface area contributed by atoms with Crippen molar-refractivity contribution in [3.8, 4) is 0 Å². The van der Waals surface area contributed by atoms with Gasteiger partial charge in [-0.05, 0) is 32.1 Å². The van der Waals surface area contributed by atoms with Crippen molar-refractivity contribution in [3.63, 3.8) is 0 Å². The maximum absolute atomic E-state index is 12.6. The summed E-state index contributed by atoms with van der Waals surface area (Å²) >= 11 is 0. The van der Waals surface area contributed by atoms with E-state index >= 15 is 0 Å². The molecule has 3 atom stereocenters. The SMILES string of the molecule is CCCCCCCCCC(CCCC)OC(=O)C1CC=CCC1C(=O)O. The highest BCUT2D eigenvalue weighted by atomic mass is 16.5. The van der Waals surface area contributed by atoms with E-state index in [9.17, 15) is 14.7 Å². The number of hydrogen-bond acceptors (Lipinski definition) is 3. The zero-order chi connectivity index (χ0) is 19.2. The van der Waals surface area contributed by atoms with Gasteiger partial charge in [0.2, 0.25) is 0 Å². The molecule has 0 saturated heterocycles. The second kappa shape index (κ2) is 13.8. The summed E-state index contributed by atoms with van der Waals surface area (Å²) in [4.78, 5) is 24.0. The Morgan fingerprint density at radius 3 is 2.04 bits per heavy atom. The Balaban J connectivity index is 2.43. The van der Waals surface area contributed by atoms with Crippen LogP contribution in [0.25, 0.3) is 0 Å². The summed E-state index contributed by atoms with van der Waals surface area (Å²) in [6.45, 7) is 4.36. The van der Waals surface area contributed by atoms with Gasteiger partial charge in [0.1, 0.15) is 6.10 Å². The van der Waals surface area contributed by atoms with Crippen molar-refractivity contribution < 1.29 is 19.4 Å². The highest BCUT2D eigenvalue weighted by Crippen LogP contribution is 2.28. The number of rotatable bonds is 14. The first-order valence-electron chi connectivity index (χ1n) is 10.7. The highest BCUT2D eigenvalue weighted by Gasteiger charge is 2.36. The van der Waals surface area contributed by atoms with Gasteiger partial charge >= 0.3 is 11.9 Å². The fraction of sp³-hybridized carbons (Fsp3) is 0.818. The van der Waals surface area contributed by atoms with Gasteiger partial charge in [-0.25, -0.2) is 0 Å². The predicted molar refractivity (Wildman–Crippen MR) is 105 cm³/mol. The molecule has 1 rings (SSSR count). The summed E-state index contributed by atoms with van der Waals surface area (Å²) in [5.74, 6) is -2.38. The Morgan fingerprint density at radius 1 is 0.885 bits per heavy atom. The minimum atomic E-state index is -0.895. The molecule has 0 bridgehead atoms. The first-order chi connectivity index (χ1) is 12.6. The van der Waals surface area contributed by atoms with E-state index in [1.165, 1.54) is 38.5 Å². The molecule has 0 aromatic carbocycles. The van der Waals surface area contributed by atoms with E-state index in [4.69, 9.17) is 4.74 Å². The molecule has 1 N–H and O–H groups in total. The number of allylic oxidation sites excluding steroid dienone is 2. The average Bonchev–Trinajstić information content (AvgIpc) is 2.64. The Labute approximate surface area is 159 Å². The van der Waals surface area contributed by atoms with Gasteiger partial charge in [-0.3, -0.25) is 9.59 Å². The molecule has 26 heavy (non-hydrogen) atoms. The molecule has 0 saturated carbocycles. The molecular weight excluding hydrogens is 328 g/mol. The number of ether oxygens (including phenoxy) is 1. The quantitative estimate of drug-likeness (QED) is 0.236. The third kappa shape index (κ3) is 8.86. The van der Waals surface area contributed by atoms with Crippen LogP contribution in [0.2, 0.25) is 0 Å². The van der Waals surface area contributed by atoms with Crippen LogP contribution in [0.3, 0.4) is 0 Å². The summed E-state index contributed by atoms with van der Waals surface area (Å²) < 4.78 is 5.78. The third-order valence-corrected chi connectivity index (χ3v) is 5.34. The van der Waals surface area contributed by atoms with Crippen molar-refractivity contribution >= 4 is 11.9 Å². The van der Waals surface area contributed by atoms with Crippen LogP contribution in [-0.2, 0) is 14.3 Å². The largest absolute Gasteiger partial charge is 0.481 e. The summed E-state index contributed by atoms with van der Waals surface area (Å²) in [5, 5.41) is 9.35. The number of aliphatic carboxylic acids is 1. The molecule has 4 heteroatoms. The molecule has 0 aliphatic heterocycles. The second-order valence-corrected chi connectivity index (χ2v) is 7.61. The van der Waals surface area contributed by atoms with Crippen LogP contribution in [0.5, 0.6) is 0 Å². The number of unbranched alkanes of at least 4 members (excludes halogenated alkanes) is 7. The molecule has 150 valence electrons. The first-order valence-corrected chi connectivity index (χ1v) is 10.7. The zero-order valence-corrected chi connectivity index (χ0v) is 16.8. The lowest BCUT2D eigenvalue weighted by Crippen LogP contribution is -2.34. The van der Waals surface area contributed by atoms with Crippen LogP contribution < -0.4 is 0 Å². The third-order valence-electron chi connectivity index (χ3n) is 5.34. The molecule has 0 aromatic rings. The molecule has 0 amide bonds. The molecule has 0 spiro atoms. The summed E-state index contributed by atoms with van der Waals surface area (Å²) in [5.41, 5.74) is 0. The fourth-order valence-corrected chi connectivity index (χ4v) is 3.62. The molecule has 0 fully saturated rings. The highest BCUT2D eigenvalue weighted by molar-refractivity contribution is 5.81. The second-order valence-electron chi connectivity index (χ2n) is 7.61. The van der Waals surface area contributed by atoms with Gasteiger partial charge in [-0.1, -0.05) is 77.4 Å². The van der Waals surface area contributed by atoms with E-state index in [1.54, 1.807) is 0 Å². The van der Waals surface area contributed by atoms with Crippen LogP contribution >= 0.6 is 0 Å². The summed E-state index contributed by atoms with van der Waals surface area (Å²) in [6.07, 6.45) is 17.2. The molecule has 3 unspecified atom stereocenters. The normalized spacial score (nSPS) is 20.7. The summed E-state index contributed by atoms with van der Waals surface area (Å²) in [6, 6.07) is 0. The number of carboxylic acid groups (broad SMARTS) is 1. The standard InChI is InChI=1S/C22H38O4/c1-3-5-7-8-9-10-11-15-18(14-6-4-2)26-22(25)20-17-13-12-16-19(20)21(23)24/h12-13,18-20H,3-11,14-17H2,1-2H3,(H,23,24). The van der Waals surface area contributed by atoms with Gasteiger partial charge in [0.15, 0.2) is 0 Å². The molecule has 0 radical (unpaired) electrons. The molecule has 0 heterocycles. The lowest BCUT2D eigenvalue weighted by atomic mass is 9.83. The molecule has 0 aromatic heterocycles. The van der Waals surface area contributed by atoms with Gasteiger partial charge in [0.25, 0.3) is 0 Å². The Hall–Kier alpha value is -1.32. The van der Waals surface area contributed by atoms with Gasteiger partial charge < -0.3 is 9.84 Å². The number of carboxylic acids is 1. The number of hydrogen-bond donors (Lipinski definition) is 1. The molecule has 1 aliphatic carbocycles. The van der Waals surface area contributed by atoms with Crippen LogP contribution in [0, 0.1) is 11.8 Å². The van der Waals surface area contributed by atoms with Crippen molar-refractivity contribution in [1.29, 1.82) is 0 Å². The number of carbonyl (C=O) groups excluding carboxylic acids is 1. The van der Waals surface area contributed by atoms with Crippen molar-refractivity contribution in [3.05, 3.63) is 12.2 Å². The van der Waals surface area contributed by atoms with Gasteiger partial charge in [0.05, 0.1) is 11.8 Å². The lowest BCUT2D eigenvalue weighted by molar-refractivity contribution is -0.162. The first kappa shape index (κ1) is 22.7. The Kier molecular flexibility index (Phi) is 12.1. The van der Waals surface area contributed by atoms with Crippen molar-refractivity contribution in [2.24, 2.45) is 11.8 Å². The predicted octanol–water partition coefficient (Wildman–Crippen LogP) is 5.90. The van der Waals surface area contributed by atoms with E-state index in [0.717, 1.165) is 32.1 Å². The van der Waals surface area contributed by atoms with Crippen LogP contribution in [-0.4, -0.2) is 23.1 Å². The zero-order valence-electron chi connectivity index (χ0n) is 16.8. The number of carbonyl (C=O) groups is 2. The van der Waals surface area contributed by atoms with E-state index in [0.29, 0.717) is 12.8 Å². The lowest BCUT2D eigenvalue weighted by Gasteiger charge is -2.26. The average molecular weight is 367 g/mol. The van der Waals surface area contributed by atoms with Crippen molar-refractivity contribution in [2.45, 2.75) is 103 Å².